The van der Waals surface area contributed by atoms with Crippen LogP contribution in [0.25, 0.3) is 22.2 Å². The van der Waals surface area contributed by atoms with Crippen molar-refractivity contribution in [2.24, 2.45) is 11.8 Å². The van der Waals surface area contributed by atoms with Crippen LogP contribution in [0.3, 0.4) is 0 Å². The second-order valence-electron chi connectivity index (χ2n) is 12.5. The molecule has 0 unspecified atom stereocenters. The third-order valence-corrected chi connectivity index (χ3v) is 9.68. The third kappa shape index (κ3) is 7.09. The number of likely N-dealkylation sites (tertiary alicyclic amines) is 1. The molecule has 6 rings (SSSR count). The van der Waals surface area contributed by atoms with Crippen molar-refractivity contribution >= 4 is 17.0 Å². The van der Waals surface area contributed by atoms with Crippen LogP contribution in [0.5, 0.6) is 0 Å². The lowest BCUT2D eigenvalue weighted by Gasteiger charge is -2.37. The fourth-order valence-electron chi connectivity index (χ4n) is 7.22. The molecule has 3 fully saturated rings. The molecule has 3 aromatic rings. The van der Waals surface area contributed by atoms with Crippen molar-refractivity contribution in [1.29, 1.82) is 0 Å². The van der Waals surface area contributed by atoms with Crippen LogP contribution < -0.4 is 10.6 Å². The van der Waals surface area contributed by atoms with Gasteiger partial charge in [-0.25, -0.2) is 4.98 Å². The van der Waals surface area contributed by atoms with Crippen LogP contribution in [0.4, 0.5) is 19.1 Å². The van der Waals surface area contributed by atoms with Crippen LogP contribution in [-0.2, 0) is 6.54 Å². The predicted molar refractivity (Wildman–Crippen MR) is 159 cm³/mol. The van der Waals surface area contributed by atoms with Gasteiger partial charge in [-0.2, -0.15) is 18.2 Å². The summed E-state index contributed by atoms with van der Waals surface area (Å²) in [5.41, 5.74) is 4.12. The summed E-state index contributed by atoms with van der Waals surface area (Å²) < 4.78 is 40.2. The van der Waals surface area contributed by atoms with Gasteiger partial charge < -0.3 is 20.3 Å². The molecule has 2 saturated heterocycles. The zero-order chi connectivity index (χ0) is 29.1. The monoisotopic (exact) mass is 584 g/mol. The van der Waals surface area contributed by atoms with Crippen LogP contribution in [0.2, 0.25) is 0 Å². The molecule has 2 aromatic heterocycles. The van der Waals surface area contributed by atoms with E-state index in [4.69, 9.17) is 0 Å². The molecule has 0 bridgehead atoms. The van der Waals surface area contributed by atoms with Crippen LogP contribution in [0, 0.1) is 11.8 Å². The van der Waals surface area contributed by atoms with Crippen molar-refractivity contribution in [3.63, 3.8) is 0 Å². The van der Waals surface area contributed by atoms with Gasteiger partial charge in [-0.1, -0.05) is 24.3 Å². The highest BCUT2D eigenvalue weighted by Crippen LogP contribution is 2.37. The van der Waals surface area contributed by atoms with E-state index in [1.54, 1.807) is 6.20 Å². The van der Waals surface area contributed by atoms with E-state index in [0.29, 0.717) is 0 Å². The number of piperidine rings is 2. The van der Waals surface area contributed by atoms with Gasteiger partial charge in [0, 0.05) is 42.5 Å². The lowest BCUT2D eigenvalue weighted by molar-refractivity contribution is -0.131. The molecule has 2 aliphatic heterocycles. The van der Waals surface area contributed by atoms with E-state index in [0.717, 1.165) is 79.3 Å². The molecular formula is C32H43F3N6O. The fourth-order valence-corrected chi connectivity index (χ4v) is 7.22. The molecule has 0 spiro atoms. The van der Waals surface area contributed by atoms with Crippen LogP contribution >= 0.6 is 0 Å². The number of aliphatic hydroxyl groups excluding tert-OH is 1. The SMILES string of the molecule is OC1CCC(n2cc(-c3ccc(CN4CCC(C5CCNCC5)CC4)cc3)c3cnc(NCCC(F)(F)F)nc32)CC1. The number of fused-ring (bicyclic) bond motifs is 1. The van der Waals surface area contributed by atoms with E-state index in [9.17, 15) is 18.3 Å². The smallest absolute Gasteiger partial charge is 0.390 e. The van der Waals surface area contributed by atoms with E-state index < -0.39 is 12.6 Å². The molecular weight excluding hydrogens is 541 g/mol. The Morgan fingerprint density at radius 1 is 0.929 bits per heavy atom. The minimum Gasteiger partial charge on any atom is -0.393 e. The first-order chi connectivity index (χ1) is 20.3. The Morgan fingerprint density at radius 2 is 1.62 bits per heavy atom. The molecule has 4 heterocycles. The van der Waals surface area contributed by atoms with E-state index in [1.807, 2.05) is 0 Å². The molecule has 3 N–H and O–H groups in total. The molecule has 0 radical (unpaired) electrons. The van der Waals surface area contributed by atoms with E-state index in [1.165, 1.54) is 44.3 Å². The molecule has 3 aliphatic rings. The number of hydrogen-bond donors (Lipinski definition) is 3. The Hall–Kier alpha value is -2.69. The third-order valence-electron chi connectivity index (χ3n) is 9.68. The average molecular weight is 585 g/mol. The van der Waals surface area contributed by atoms with Gasteiger partial charge in [-0.3, -0.25) is 4.90 Å². The lowest BCUT2D eigenvalue weighted by Crippen LogP contribution is -2.39. The Labute approximate surface area is 245 Å². The number of aromatic nitrogens is 3. The summed E-state index contributed by atoms with van der Waals surface area (Å²) in [6, 6.07) is 8.92. The highest BCUT2D eigenvalue weighted by Gasteiger charge is 2.29. The van der Waals surface area contributed by atoms with Crippen molar-refractivity contribution in [3.8, 4) is 11.1 Å². The second kappa shape index (κ2) is 12.9. The molecule has 0 amide bonds. The first-order valence-electron chi connectivity index (χ1n) is 15.7. The predicted octanol–water partition coefficient (Wildman–Crippen LogP) is 6.15. The molecule has 0 atom stereocenters. The zero-order valence-corrected chi connectivity index (χ0v) is 24.3. The van der Waals surface area contributed by atoms with Crippen molar-refractivity contribution in [1.82, 2.24) is 24.8 Å². The molecule has 42 heavy (non-hydrogen) atoms. The highest BCUT2D eigenvalue weighted by molar-refractivity contribution is 5.94. The van der Waals surface area contributed by atoms with Gasteiger partial charge in [0.25, 0.3) is 0 Å². The standard InChI is InChI=1S/C32H43F3N6O/c33-32(34,35)13-16-37-31-38-19-28-29(21-41(30(28)39-31)26-5-7-27(42)8-6-26)25-3-1-22(2-4-25)20-40-17-11-24(12-18-40)23-9-14-36-15-10-23/h1-4,19,21,23-24,26-27,36,42H,5-18,20H2,(H,37,38,39). The summed E-state index contributed by atoms with van der Waals surface area (Å²) in [6.45, 7) is 5.36. The minimum absolute atomic E-state index is 0.176. The van der Waals surface area contributed by atoms with Crippen molar-refractivity contribution in [2.75, 3.05) is 38.0 Å². The number of alkyl halides is 3. The Bertz CT molecular complexity index is 1300. The summed E-state index contributed by atoms with van der Waals surface area (Å²) >= 11 is 0. The maximum absolute atomic E-state index is 12.7. The average Bonchev–Trinajstić information content (AvgIpc) is 3.37. The number of nitrogens with zero attached hydrogens (tertiary/aromatic N) is 4. The largest absolute Gasteiger partial charge is 0.393 e. The highest BCUT2D eigenvalue weighted by atomic mass is 19.4. The Balaban J connectivity index is 1.16. The number of aliphatic hydroxyl groups is 1. The summed E-state index contributed by atoms with van der Waals surface area (Å²) in [7, 11) is 0. The van der Waals surface area contributed by atoms with Gasteiger partial charge in [-0.05, 0) is 101 Å². The number of hydrogen-bond acceptors (Lipinski definition) is 6. The maximum Gasteiger partial charge on any atom is 0.390 e. The normalized spacial score (nSPS) is 23.4. The van der Waals surface area contributed by atoms with Crippen molar-refractivity contribution < 1.29 is 18.3 Å². The number of benzene rings is 1. The zero-order valence-electron chi connectivity index (χ0n) is 24.3. The van der Waals surface area contributed by atoms with Crippen molar-refractivity contribution in [3.05, 3.63) is 42.2 Å². The Kier molecular flexibility index (Phi) is 9.02. The summed E-state index contributed by atoms with van der Waals surface area (Å²) in [5.74, 6) is 1.97. The molecule has 228 valence electrons. The molecule has 7 nitrogen and oxygen atoms in total. The maximum atomic E-state index is 12.7. The van der Waals surface area contributed by atoms with Gasteiger partial charge in [0.15, 0.2) is 0 Å². The van der Waals surface area contributed by atoms with E-state index >= 15 is 0 Å². The van der Waals surface area contributed by atoms with Gasteiger partial charge in [-0.15, -0.1) is 0 Å². The van der Waals surface area contributed by atoms with Gasteiger partial charge in [0.2, 0.25) is 5.95 Å². The minimum atomic E-state index is -4.23. The first kappa shape index (κ1) is 29.4. The van der Waals surface area contributed by atoms with Crippen LogP contribution in [-0.4, -0.2) is 69.5 Å². The molecule has 1 aromatic carbocycles. The van der Waals surface area contributed by atoms with E-state index in [2.05, 4.69) is 60.5 Å². The van der Waals surface area contributed by atoms with Gasteiger partial charge in [0.1, 0.15) is 5.65 Å². The van der Waals surface area contributed by atoms with Gasteiger partial charge >= 0.3 is 6.18 Å². The van der Waals surface area contributed by atoms with E-state index in [-0.39, 0.29) is 24.6 Å². The lowest BCUT2D eigenvalue weighted by atomic mass is 9.79. The summed E-state index contributed by atoms with van der Waals surface area (Å²) in [6.07, 6.45) is 6.75. The second-order valence-corrected chi connectivity index (χ2v) is 12.5. The topological polar surface area (TPSA) is 78.2 Å². The molecule has 1 aliphatic carbocycles. The first-order valence-corrected chi connectivity index (χ1v) is 15.7. The summed E-state index contributed by atoms with van der Waals surface area (Å²) in [4.78, 5) is 11.6. The Morgan fingerprint density at radius 3 is 2.31 bits per heavy atom. The number of rotatable bonds is 8. The molecule has 10 heteroatoms. The van der Waals surface area contributed by atoms with Crippen LogP contribution in [0.15, 0.2) is 36.7 Å². The summed E-state index contributed by atoms with van der Waals surface area (Å²) in [5, 5.41) is 17.2. The number of anilines is 1. The fraction of sp³-hybridized carbons (Fsp3) is 0.625. The number of nitrogens with one attached hydrogen (secondary N) is 2. The van der Waals surface area contributed by atoms with Gasteiger partial charge in [0.05, 0.1) is 12.5 Å². The molecule has 1 saturated carbocycles. The van der Waals surface area contributed by atoms with Crippen molar-refractivity contribution in [2.45, 2.75) is 82.7 Å². The quantitative estimate of drug-likeness (QED) is 0.295. The van der Waals surface area contributed by atoms with Crippen LogP contribution in [0.1, 0.15) is 69.4 Å². The number of halogens is 3.